The van der Waals surface area contributed by atoms with Crippen LogP contribution in [0.3, 0.4) is 0 Å². The molecule has 1 aliphatic rings. The second kappa shape index (κ2) is 7.10. The van der Waals surface area contributed by atoms with E-state index in [9.17, 15) is 9.90 Å². The standard InChI is InChI=1S/C16H22N2O2/c1-2-3-10-17-15-9-5-4-8-14(15)16(20)18-11-6-7-13(18)12-19/h2,4-5,8-9,13,17,19H,1,3,6-7,10-12H2. The molecule has 0 aromatic heterocycles. The van der Waals surface area contributed by atoms with Crippen LogP contribution in [0.15, 0.2) is 36.9 Å². The van der Waals surface area contributed by atoms with E-state index < -0.39 is 0 Å². The molecule has 0 bridgehead atoms. The number of nitrogens with one attached hydrogen (secondary N) is 1. The minimum Gasteiger partial charge on any atom is -0.394 e. The van der Waals surface area contributed by atoms with Gasteiger partial charge in [0, 0.05) is 18.8 Å². The smallest absolute Gasteiger partial charge is 0.256 e. The molecule has 1 saturated heterocycles. The first-order valence-corrected chi connectivity index (χ1v) is 7.13. The molecule has 1 atom stereocenters. The van der Waals surface area contributed by atoms with Crippen molar-refractivity contribution >= 4 is 11.6 Å². The number of benzene rings is 1. The molecular formula is C16H22N2O2. The van der Waals surface area contributed by atoms with Crippen molar-refractivity contribution in [1.29, 1.82) is 0 Å². The Hall–Kier alpha value is -1.81. The molecule has 4 heteroatoms. The van der Waals surface area contributed by atoms with Crippen molar-refractivity contribution in [2.75, 3.05) is 25.0 Å². The first kappa shape index (κ1) is 14.6. The maximum Gasteiger partial charge on any atom is 0.256 e. The van der Waals surface area contributed by atoms with Gasteiger partial charge in [0.1, 0.15) is 0 Å². The van der Waals surface area contributed by atoms with Gasteiger partial charge in [-0.3, -0.25) is 4.79 Å². The van der Waals surface area contributed by atoms with Crippen molar-refractivity contribution in [3.05, 3.63) is 42.5 Å². The largest absolute Gasteiger partial charge is 0.394 e. The number of carbonyl (C=O) groups excluding carboxylic acids is 1. The molecular weight excluding hydrogens is 252 g/mol. The van der Waals surface area contributed by atoms with Crippen molar-refractivity contribution in [3.8, 4) is 0 Å². The first-order valence-electron chi connectivity index (χ1n) is 7.13. The molecule has 20 heavy (non-hydrogen) atoms. The number of anilines is 1. The van der Waals surface area contributed by atoms with E-state index in [1.54, 1.807) is 4.90 Å². The van der Waals surface area contributed by atoms with Crippen LogP contribution in [0.4, 0.5) is 5.69 Å². The third kappa shape index (κ3) is 3.20. The van der Waals surface area contributed by atoms with Crippen LogP contribution in [0.25, 0.3) is 0 Å². The average Bonchev–Trinajstić information content (AvgIpc) is 2.96. The van der Waals surface area contributed by atoms with E-state index in [2.05, 4.69) is 11.9 Å². The van der Waals surface area contributed by atoms with E-state index in [4.69, 9.17) is 0 Å². The number of hydrogen-bond donors (Lipinski definition) is 2. The summed E-state index contributed by atoms with van der Waals surface area (Å²) in [5.74, 6) is 0.00301. The van der Waals surface area contributed by atoms with Crippen LogP contribution in [0.5, 0.6) is 0 Å². The summed E-state index contributed by atoms with van der Waals surface area (Å²) in [5, 5.41) is 12.6. The summed E-state index contributed by atoms with van der Waals surface area (Å²) in [6.07, 6.45) is 4.54. The summed E-state index contributed by atoms with van der Waals surface area (Å²) in [6, 6.07) is 7.51. The summed E-state index contributed by atoms with van der Waals surface area (Å²) < 4.78 is 0. The molecule has 0 aliphatic carbocycles. The molecule has 1 aliphatic heterocycles. The zero-order chi connectivity index (χ0) is 14.4. The zero-order valence-corrected chi connectivity index (χ0v) is 11.7. The van der Waals surface area contributed by atoms with E-state index in [1.807, 2.05) is 30.3 Å². The van der Waals surface area contributed by atoms with Gasteiger partial charge >= 0.3 is 0 Å². The van der Waals surface area contributed by atoms with E-state index in [0.29, 0.717) is 5.56 Å². The lowest BCUT2D eigenvalue weighted by Crippen LogP contribution is -2.37. The van der Waals surface area contributed by atoms with Crippen molar-refractivity contribution in [1.82, 2.24) is 4.90 Å². The van der Waals surface area contributed by atoms with E-state index in [0.717, 1.165) is 38.0 Å². The highest BCUT2D eigenvalue weighted by molar-refractivity contribution is 5.99. The highest BCUT2D eigenvalue weighted by Crippen LogP contribution is 2.23. The lowest BCUT2D eigenvalue weighted by molar-refractivity contribution is 0.0678. The summed E-state index contributed by atoms with van der Waals surface area (Å²) >= 11 is 0. The Bertz CT molecular complexity index is 473. The molecule has 1 aromatic rings. The topological polar surface area (TPSA) is 52.6 Å². The summed E-state index contributed by atoms with van der Waals surface area (Å²) in [4.78, 5) is 14.4. The molecule has 0 saturated carbocycles. The molecule has 4 nitrogen and oxygen atoms in total. The van der Waals surface area contributed by atoms with Gasteiger partial charge in [0.25, 0.3) is 5.91 Å². The van der Waals surface area contributed by atoms with E-state index in [-0.39, 0.29) is 18.6 Å². The monoisotopic (exact) mass is 274 g/mol. The Morgan fingerprint density at radius 3 is 3.05 bits per heavy atom. The molecule has 1 unspecified atom stereocenters. The predicted molar refractivity (Wildman–Crippen MR) is 80.9 cm³/mol. The number of nitrogens with zero attached hydrogens (tertiary/aromatic N) is 1. The molecule has 2 N–H and O–H groups in total. The maximum atomic E-state index is 12.6. The summed E-state index contributed by atoms with van der Waals surface area (Å²) in [7, 11) is 0. The Morgan fingerprint density at radius 1 is 1.50 bits per heavy atom. The zero-order valence-electron chi connectivity index (χ0n) is 11.7. The number of hydrogen-bond acceptors (Lipinski definition) is 3. The van der Waals surface area contributed by atoms with Gasteiger partial charge in [-0.15, -0.1) is 6.58 Å². The normalized spacial score (nSPS) is 18.1. The van der Waals surface area contributed by atoms with Gasteiger partial charge < -0.3 is 15.3 Å². The van der Waals surface area contributed by atoms with Gasteiger partial charge in [0.05, 0.1) is 18.2 Å². The van der Waals surface area contributed by atoms with Gasteiger partial charge in [-0.05, 0) is 31.4 Å². The molecule has 1 heterocycles. The second-order valence-corrected chi connectivity index (χ2v) is 5.03. The lowest BCUT2D eigenvalue weighted by atomic mass is 10.1. The first-order chi connectivity index (χ1) is 9.77. The number of para-hydroxylation sites is 1. The number of carbonyl (C=O) groups is 1. The Balaban J connectivity index is 2.14. The quantitative estimate of drug-likeness (QED) is 0.618. The second-order valence-electron chi connectivity index (χ2n) is 5.03. The summed E-state index contributed by atoms with van der Waals surface area (Å²) in [5.41, 5.74) is 1.53. The molecule has 1 aromatic carbocycles. The van der Waals surface area contributed by atoms with Crippen LogP contribution in [0.1, 0.15) is 29.6 Å². The van der Waals surface area contributed by atoms with Crippen LogP contribution in [-0.2, 0) is 0 Å². The number of likely N-dealkylation sites (tertiary alicyclic amines) is 1. The molecule has 1 amide bonds. The number of aliphatic hydroxyl groups is 1. The van der Waals surface area contributed by atoms with Crippen LogP contribution in [-0.4, -0.2) is 41.7 Å². The Labute approximate surface area is 120 Å². The minimum absolute atomic E-state index is 0.00301. The molecule has 0 spiro atoms. The molecule has 2 rings (SSSR count). The van der Waals surface area contributed by atoms with Gasteiger partial charge in [0.15, 0.2) is 0 Å². The lowest BCUT2D eigenvalue weighted by Gasteiger charge is -2.24. The highest BCUT2D eigenvalue weighted by Gasteiger charge is 2.29. The molecule has 108 valence electrons. The Kier molecular flexibility index (Phi) is 5.18. The Morgan fingerprint density at radius 2 is 2.30 bits per heavy atom. The van der Waals surface area contributed by atoms with Gasteiger partial charge in [0.2, 0.25) is 0 Å². The van der Waals surface area contributed by atoms with Crippen LogP contribution >= 0.6 is 0 Å². The van der Waals surface area contributed by atoms with Crippen molar-refractivity contribution in [3.63, 3.8) is 0 Å². The summed E-state index contributed by atoms with van der Waals surface area (Å²) in [6.45, 7) is 5.22. The highest BCUT2D eigenvalue weighted by atomic mass is 16.3. The molecule has 1 fully saturated rings. The predicted octanol–water partition coefficient (Wildman–Crippen LogP) is 2.27. The fourth-order valence-electron chi connectivity index (χ4n) is 2.58. The third-order valence-corrected chi connectivity index (χ3v) is 3.67. The fourth-order valence-corrected chi connectivity index (χ4v) is 2.58. The fraction of sp³-hybridized carbons (Fsp3) is 0.438. The minimum atomic E-state index is -0.0382. The third-order valence-electron chi connectivity index (χ3n) is 3.67. The van der Waals surface area contributed by atoms with Crippen molar-refractivity contribution in [2.24, 2.45) is 0 Å². The SMILES string of the molecule is C=CCCNc1ccccc1C(=O)N1CCCC1CO. The van der Waals surface area contributed by atoms with Gasteiger partial charge in [-0.1, -0.05) is 18.2 Å². The van der Waals surface area contributed by atoms with Crippen molar-refractivity contribution in [2.45, 2.75) is 25.3 Å². The number of amides is 1. The van der Waals surface area contributed by atoms with Gasteiger partial charge in [-0.2, -0.15) is 0 Å². The van der Waals surface area contributed by atoms with Crippen LogP contribution in [0, 0.1) is 0 Å². The van der Waals surface area contributed by atoms with Crippen LogP contribution in [0.2, 0.25) is 0 Å². The van der Waals surface area contributed by atoms with E-state index in [1.165, 1.54) is 0 Å². The number of rotatable bonds is 6. The molecule has 0 radical (unpaired) electrons. The van der Waals surface area contributed by atoms with Crippen molar-refractivity contribution < 1.29 is 9.90 Å². The van der Waals surface area contributed by atoms with E-state index >= 15 is 0 Å². The number of aliphatic hydroxyl groups excluding tert-OH is 1. The van der Waals surface area contributed by atoms with Gasteiger partial charge in [-0.25, -0.2) is 0 Å². The average molecular weight is 274 g/mol. The van der Waals surface area contributed by atoms with Crippen LogP contribution < -0.4 is 5.32 Å². The maximum absolute atomic E-state index is 12.6.